The Bertz CT molecular complexity index is 1040. The summed E-state index contributed by atoms with van der Waals surface area (Å²) in [6.45, 7) is 12.1. The monoisotopic (exact) mass is 472 g/mol. The van der Waals surface area contributed by atoms with E-state index in [-0.39, 0.29) is 17.9 Å². The maximum atomic E-state index is 12.7. The molecule has 0 radical (unpaired) electrons. The Morgan fingerprint density at radius 1 is 1.17 bits per heavy atom. The van der Waals surface area contributed by atoms with Gasteiger partial charge in [-0.3, -0.25) is 9.69 Å². The van der Waals surface area contributed by atoms with Gasteiger partial charge in [0.05, 0.1) is 12.6 Å². The van der Waals surface area contributed by atoms with Crippen LogP contribution in [0.4, 0.5) is 0 Å². The molecule has 2 saturated carbocycles. The van der Waals surface area contributed by atoms with Crippen molar-refractivity contribution in [2.45, 2.75) is 71.0 Å². The molecular formula is C31H40N2O2. The van der Waals surface area contributed by atoms with Gasteiger partial charge in [-0.25, -0.2) is 0 Å². The van der Waals surface area contributed by atoms with E-state index in [2.05, 4.69) is 79.2 Å². The molecular weight excluding hydrogens is 432 g/mol. The average Bonchev–Trinajstić information content (AvgIpc) is 3.60. The zero-order valence-corrected chi connectivity index (χ0v) is 21.3. The van der Waals surface area contributed by atoms with Gasteiger partial charge >= 0.3 is 0 Å². The molecule has 5 rings (SSSR count). The highest BCUT2D eigenvalue weighted by atomic mass is 16.5. The summed E-state index contributed by atoms with van der Waals surface area (Å²) in [5.74, 6) is 2.97. The predicted octanol–water partition coefficient (Wildman–Crippen LogP) is 6.37. The van der Waals surface area contributed by atoms with Crippen LogP contribution in [0.15, 0.2) is 55.1 Å². The first-order valence-electron chi connectivity index (χ1n) is 13.5. The number of carbonyl (C=O) groups is 1. The fourth-order valence-electron chi connectivity index (χ4n) is 5.76. The predicted molar refractivity (Wildman–Crippen MR) is 141 cm³/mol. The second kappa shape index (κ2) is 10.6. The van der Waals surface area contributed by atoms with Gasteiger partial charge in [0.25, 0.3) is 0 Å². The summed E-state index contributed by atoms with van der Waals surface area (Å²) in [6.07, 6.45) is 8.06. The fourth-order valence-corrected chi connectivity index (χ4v) is 5.76. The molecule has 4 heteroatoms. The van der Waals surface area contributed by atoms with Crippen molar-refractivity contribution in [3.05, 3.63) is 77.4 Å². The van der Waals surface area contributed by atoms with Crippen LogP contribution in [0.5, 0.6) is 5.75 Å². The molecule has 4 atom stereocenters. The Morgan fingerprint density at radius 3 is 2.66 bits per heavy atom. The van der Waals surface area contributed by atoms with Gasteiger partial charge in [-0.05, 0) is 78.8 Å². The van der Waals surface area contributed by atoms with Gasteiger partial charge in [-0.1, -0.05) is 49.8 Å². The normalized spacial score (nSPS) is 25.0. The minimum absolute atomic E-state index is 0.0349. The van der Waals surface area contributed by atoms with Crippen LogP contribution in [0.3, 0.4) is 0 Å². The maximum absolute atomic E-state index is 12.7. The molecule has 1 N–H and O–H groups in total. The summed E-state index contributed by atoms with van der Waals surface area (Å²) in [5, 5.41) is 3.25. The SMILES string of the molecule is C=CC1CN(Cc2ccc([C@H](C)NC(=O)[C@H]3CCC[C@H]3C)cc2)Cc2ccc(OCC3CC3)cc21. The molecule has 0 saturated heterocycles. The molecule has 1 amide bonds. The molecule has 3 aliphatic rings. The summed E-state index contributed by atoms with van der Waals surface area (Å²) < 4.78 is 6.03. The lowest BCUT2D eigenvalue weighted by Gasteiger charge is -2.33. The van der Waals surface area contributed by atoms with Crippen molar-refractivity contribution in [1.29, 1.82) is 0 Å². The highest BCUT2D eigenvalue weighted by molar-refractivity contribution is 5.79. The highest BCUT2D eigenvalue weighted by Crippen LogP contribution is 2.35. The van der Waals surface area contributed by atoms with Crippen molar-refractivity contribution in [2.24, 2.45) is 17.8 Å². The molecule has 2 aromatic carbocycles. The lowest BCUT2D eigenvalue weighted by atomic mass is 9.89. The van der Waals surface area contributed by atoms with E-state index in [0.29, 0.717) is 11.8 Å². The molecule has 1 aliphatic heterocycles. The van der Waals surface area contributed by atoms with Crippen LogP contribution in [0.2, 0.25) is 0 Å². The minimum Gasteiger partial charge on any atom is -0.493 e. The van der Waals surface area contributed by atoms with Crippen molar-refractivity contribution in [3.63, 3.8) is 0 Å². The number of ether oxygens (including phenoxy) is 1. The zero-order valence-electron chi connectivity index (χ0n) is 21.3. The van der Waals surface area contributed by atoms with Crippen molar-refractivity contribution >= 4 is 5.91 Å². The van der Waals surface area contributed by atoms with Crippen molar-refractivity contribution < 1.29 is 9.53 Å². The lowest BCUT2D eigenvalue weighted by Crippen LogP contribution is -2.34. The summed E-state index contributed by atoms with van der Waals surface area (Å²) in [6, 6.07) is 15.4. The van der Waals surface area contributed by atoms with Crippen LogP contribution in [0.1, 0.15) is 80.2 Å². The van der Waals surface area contributed by atoms with Crippen LogP contribution in [0, 0.1) is 17.8 Å². The van der Waals surface area contributed by atoms with Crippen LogP contribution in [0.25, 0.3) is 0 Å². The Morgan fingerprint density at radius 2 is 1.97 bits per heavy atom. The van der Waals surface area contributed by atoms with Crippen LogP contribution in [-0.2, 0) is 17.9 Å². The average molecular weight is 473 g/mol. The number of rotatable bonds is 9. The number of benzene rings is 2. The number of nitrogens with zero attached hydrogens (tertiary/aromatic N) is 1. The topological polar surface area (TPSA) is 41.6 Å². The highest BCUT2D eigenvalue weighted by Gasteiger charge is 2.30. The number of nitrogens with one attached hydrogen (secondary N) is 1. The molecule has 2 fully saturated rings. The van der Waals surface area contributed by atoms with Gasteiger partial charge in [0.2, 0.25) is 5.91 Å². The largest absolute Gasteiger partial charge is 0.493 e. The fraction of sp³-hybridized carbons (Fsp3) is 0.516. The lowest BCUT2D eigenvalue weighted by molar-refractivity contribution is -0.126. The molecule has 0 bridgehead atoms. The van der Waals surface area contributed by atoms with Gasteiger partial charge < -0.3 is 10.1 Å². The smallest absolute Gasteiger partial charge is 0.223 e. The van der Waals surface area contributed by atoms with E-state index in [4.69, 9.17) is 4.74 Å². The van der Waals surface area contributed by atoms with E-state index < -0.39 is 0 Å². The van der Waals surface area contributed by atoms with E-state index in [0.717, 1.165) is 44.3 Å². The first-order chi connectivity index (χ1) is 17.0. The molecule has 1 heterocycles. The molecule has 1 unspecified atom stereocenters. The maximum Gasteiger partial charge on any atom is 0.223 e. The third kappa shape index (κ3) is 5.81. The van der Waals surface area contributed by atoms with Gasteiger partial charge in [0.1, 0.15) is 5.75 Å². The first kappa shape index (κ1) is 24.1. The summed E-state index contributed by atoms with van der Waals surface area (Å²) in [5.41, 5.74) is 5.20. The number of fused-ring (bicyclic) bond motifs is 1. The number of hydrogen-bond donors (Lipinski definition) is 1. The Hall–Kier alpha value is -2.59. The summed E-state index contributed by atoms with van der Waals surface area (Å²) in [4.78, 5) is 15.2. The van der Waals surface area contributed by atoms with Crippen LogP contribution < -0.4 is 10.1 Å². The van der Waals surface area contributed by atoms with E-state index in [1.165, 1.54) is 47.9 Å². The van der Waals surface area contributed by atoms with E-state index in [1.807, 2.05) is 0 Å². The van der Waals surface area contributed by atoms with Gasteiger partial charge in [0, 0.05) is 31.5 Å². The molecule has 4 nitrogen and oxygen atoms in total. The Kier molecular flexibility index (Phi) is 7.29. The van der Waals surface area contributed by atoms with Crippen molar-refractivity contribution in [2.75, 3.05) is 13.2 Å². The first-order valence-corrected chi connectivity index (χ1v) is 13.5. The molecule has 2 aliphatic carbocycles. The minimum atomic E-state index is 0.0349. The summed E-state index contributed by atoms with van der Waals surface area (Å²) in [7, 11) is 0. The molecule has 0 aromatic heterocycles. The van der Waals surface area contributed by atoms with E-state index >= 15 is 0 Å². The van der Waals surface area contributed by atoms with Crippen molar-refractivity contribution in [3.8, 4) is 5.75 Å². The standard InChI is InChI=1S/C31H40N2O2/c1-4-25-18-33(19-27-14-15-28(16-30(25)27)35-20-24-8-9-24)17-23-10-12-26(13-11-23)22(3)32-31(34)29-7-5-6-21(29)2/h4,10-16,21-22,24-25,29H,1,5-9,17-20H2,2-3H3,(H,32,34)/t21-,22+,25?,29+/m1/s1. The molecule has 0 spiro atoms. The van der Waals surface area contributed by atoms with Gasteiger partial charge in [-0.15, -0.1) is 6.58 Å². The Balaban J connectivity index is 1.18. The molecule has 2 aromatic rings. The molecule has 35 heavy (non-hydrogen) atoms. The molecule has 186 valence electrons. The third-order valence-electron chi connectivity index (χ3n) is 8.28. The summed E-state index contributed by atoms with van der Waals surface area (Å²) >= 11 is 0. The number of carbonyl (C=O) groups excluding carboxylic acids is 1. The van der Waals surface area contributed by atoms with Crippen LogP contribution >= 0.6 is 0 Å². The van der Waals surface area contributed by atoms with Crippen molar-refractivity contribution in [1.82, 2.24) is 10.2 Å². The third-order valence-corrected chi connectivity index (χ3v) is 8.28. The Labute approximate surface area is 210 Å². The number of hydrogen-bond acceptors (Lipinski definition) is 3. The van der Waals surface area contributed by atoms with E-state index in [1.54, 1.807) is 0 Å². The van der Waals surface area contributed by atoms with Gasteiger partial charge in [0.15, 0.2) is 0 Å². The number of amides is 1. The zero-order chi connectivity index (χ0) is 24.4. The van der Waals surface area contributed by atoms with E-state index in [9.17, 15) is 4.79 Å². The van der Waals surface area contributed by atoms with Gasteiger partial charge in [-0.2, -0.15) is 0 Å². The second-order valence-corrected chi connectivity index (χ2v) is 11.1. The second-order valence-electron chi connectivity index (χ2n) is 11.1. The quantitative estimate of drug-likeness (QED) is 0.431. The van der Waals surface area contributed by atoms with Crippen LogP contribution in [-0.4, -0.2) is 24.0 Å².